The van der Waals surface area contributed by atoms with Gasteiger partial charge in [0, 0.05) is 61.4 Å². The number of aryl methyl sites for hydroxylation is 1. The smallest absolute Gasteiger partial charge is 0.343 e. The van der Waals surface area contributed by atoms with Crippen molar-refractivity contribution in [2.45, 2.75) is 249 Å². The molecule has 1 spiro atoms. The lowest BCUT2D eigenvalue weighted by Crippen LogP contribution is -2.65. The van der Waals surface area contributed by atoms with E-state index in [1.165, 1.54) is 77.6 Å². The van der Waals surface area contributed by atoms with E-state index in [2.05, 4.69) is 21.3 Å². The van der Waals surface area contributed by atoms with Gasteiger partial charge in [-0.15, -0.1) is 0 Å². The van der Waals surface area contributed by atoms with Crippen LogP contribution in [0.15, 0.2) is 18.2 Å². The molecule has 0 bridgehead atoms. The number of fused-ring (bicyclic) bond motifs is 2. The molecule has 28 heteroatoms. The summed E-state index contributed by atoms with van der Waals surface area (Å²) in [4.78, 5) is 189. The molecule has 7 rings (SSSR count). The molecule has 0 radical (unpaired) electrons. The van der Waals surface area contributed by atoms with Crippen molar-refractivity contribution in [3.8, 4) is 0 Å². The fraction of sp³-hybridized carbons (Fsp3) is 0.746. The van der Waals surface area contributed by atoms with E-state index in [-0.39, 0.29) is 76.3 Å². The van der Waals surface area contributed by atoms with Crippen molar-refractivity contribution >= 4 is 82.5 Å². The van der Waals surface area contributed by atoms with E-state index in [0.717, 1.165) is 55.6 Å². The van der Waals surface area contributed by atoms with Crippen LogP contribution in [-0.4, -0.2) is 238 Å². The van der Waals surface area contributed by atoms with Crippen molar-refractivity contribution in [1.29, 1.82) is 0 Å². The highest BCUT2D eigenvalue weighted by Crippen LogP contribution is 2.37. The second-order valence-electron chi connectivity index (χ2n) is 29.6. The van der Waals surface area contributed by atoms with Crippen LogP contribution in [0.4, 0.5) is 13.2 Å². The molecule has 0 aromatic heterocycles. The quantitative estimate of drug-likeness (QED) is 0.208. The average Bonchev–Trinajstić information content (AvgIpc) is 1.76. The van der Waals surface area contributed by atoms with Crippen LogP contribution in [0.5, 0.6) is 0 Å². The van der Waals surface area contributed by atoms with Crippen molar-refractivity contribution in [3.05, 3.63) is 34.3 Å². The Morgan fingerprint density at radius 2 is 1.28 bits per heavy atom. The average molecular weight is 1410 g/mol. The largest absolute Gasteiger partial charge is 0.417 e. The van der Waals surface area contributed by atoms with E-state index < -0.39 is 172 Å². The summed E-state index contributed by atoms with van der Waals surface area (Å²) >= 11 is 6.15. The van der Waals surface area contributed by atoms with Crippen LogP contribution in [0.2, 0.25) is 5.02 Å². The summed E-state index contributed by atoms with van der Waals surface area (Å²) in [5, 5.41) is 10.9. The number of nitrogens with one attached hydrogen (secondary N) is 4. The van der Waals surface area contributed by atoms with Gasteiger partial charge >= 0.3 is 6.18 Å². The Hall–Kier alpha value is -7.06. The third-order valence-corrected chi connectivity index (χ3v) is 21.9. The molecule has 10 atom stereocenters. The maximum absolute atomic E-state index is 15.4. The van der Waals surface area contributed by atoms with Crippen molar-refractivity contribution < 1.29 is 70.7 Å². The number of carbonyl (C=O) groups excluding carboxylic acids is 12. The van der Waals surface area contributed by atoms with Crippen LogP contribution >= 0.6 is 11.6 Å². The maximum atomic E-state index is 15.4. The molecule has 6 aliphatic rings. The number of alkyl halides is 3. The van der Waals surface area contributed by atoms with E-state index in [9.17, 15) is 51.5 Å². The Labute approximate surface area is 586 Å². The third kappa shape index (κ3) is 19.1. The first-order valence-corrected chi connectivity index (χ1v) is 36.3. The number of hydrogen-bond donors (Lipinski definition) is 4. The molecule has 4 N–H and O–H groups in total. The highest BCUT2D eigenvalue weighted by atomic mass is 35.5. The molecule has 99 heavy (non-hydrogen) atoms. The summed E-state index contributed by atoms with van der Waals surface area (Å²) in [6, 6.07) is -7.91. The van der Waals surface area contributed by atoms with Gasteiger partial charge in [0.15, 0.2) is 0 Å². The predicted octanol–water partition coefficient (Wildman–Crippen LogP) is 5.69. The maximum Gasteiger partial charge on any atom is 0.417 e. The molecule has 1 aromatic carbocycles. The number of carbonyl (C=O) groups is 12. The minimum absolute atomic E-state index is 0.0234. The third-order valence-electron chi connectivity index (χ3n) is 21.6. The molecule has 12 amide bonds. The molecule has 552 valence electrons. The first kappa shape index (κ1) is 79.3. The fourth-order valence-corrected chi connectivity index (χ4v) is 15.6. The first-order valence-electron chi connectivity index (χ1n) is 35.9. The number of rotatable bonds is 11. The lowest BCUT2D eigenvalue weighted by atomic mass is 9.84. The topological polar surface area (TPSA) is 279 Å². The monoisotopic (exact) mass is 1410 g/mol. The second-order valence-corrected chi connectivity index (χ2v) is 30.0. The van der Waals surface area contributed by atoms with E-state index in [4.69, 9.17) is 11.6 Å². The summed E-state index contributed by atoms with van der Waals surface area (Å²) < 4.78 is 41.6. The second kappa shape index (κ2) is 34.5. The van der Waals surface area contributed by atoms with E-state index in [0.29, 0.717) is 57.2 Å². The first-order chi connectivity index (χ1) is 46.6. The van der Waals surface area contributed by atoms with Crippen LogP contribution < -0.4 is 21.3 Å². The van der Waals surface area contributed by atoms with Crippen LogP contribution in [-0.2, 0) is 70.1 Å². The molecule has 2 aliphatic carbocycles. The minimum Gasteiger partial charge on any atom is -0.343 e. The van der Waals surface area contributed by atoms with E-state index in [1.807, 2.05) is 20.8 Å². The Morgan fingerprint density at radius 3 is 1.87 bits per heavy atom. The predicted molar refractivity (Wildman–Crippen MR) is 364 cm³/mol. The van der Waals surface area contributed by atoms with Crippen molar-refractivity contribution in [2.75, 3.05) is 68.0 Å². The van der Waals surface area contributed by atoms with Gasteiger partial charge in [0.25, 0.3) is 0 Å². The van der Waals surface area contributed by atoms with Gasteiger partial charge in [0.1, 0.15) is 59.9 Å². The summed E-state index contributed by atoms with van der Waals surface area (Å²) in [6.07, 6.45) is 3.75. The number of piperidine rings is 1. The summed E-state index contributed by atoms with van der Waals surface area (Å²) in [6.45, 7) is 12.5. The summed E-state index contributed by atoms with van der Waals surface area (Å²) in [7, 11) is 7.14. The molecule has 6 fully saturated rings. The van der Waals surface area contributed by atoms with Crippen LogP contribution in [0.3, 0.4) is 0 Å². The van der Waals surface area contributed by atoms with Gasteiger partial charge in [-0.25, -0.2) is 0 Å². The Balaban J connectivity index is 1.27. The fourth-order valence-electron chi connectivity index (χ4n) is 15.3. The number of benzene rings is 1. The van der Waals surface area contributed by atoms with Gasteiger partial charge in [0.05, 0.1) is 23.6 Å². The molecule has 4 aliphatic heterocycles. The molecule has 4 saturated heterocycles. The molecule has 4 heterocycles. The highest BCUT2D eigenvalue weighted by Gasteiger charge is 2.51. The minimum atomic E-state index is -4.76. The Morgan fingerprint density at radius 1 is 0.646 bits per heavy atom. The van der Waals surface area contributed by atoms with Crippen molar-refractivity contribution in [2.24, 2.45) is 23.7 Å². The van der Waals surface area contributed by atoms with Crippen LogP contribution in [0.1, 0.15) is 188 Å². The zero-order valence-corrected chi connectivity index (χ0v) is 60.9. The number of halogens is 4. The number of nitrogens with zero attached hydrogens (tertiary/aromatic N) is 8. The molecular weight excluding hydrogens is 1310 g/mol. The van der Waals surface area contributed by atoms with Gasteiger partial charge in [0.2, 0.25) is 70.9 Å². The standard InChI is InChI=1S/C71H108ClF3N12O12/c1-13-44(6)58-62(92)76-45(7)63(93)87-36-30-52(87)66(96)82(10)54(39-46-23-16-14-17-24-46)65(95)80(8)41-56(88)77-50(29-27-47-26-28-48(49(72)38-47)71(73,74)75)64(94)86-35-22-25-51(86)61(91)79-70(31-18-19-32-70)69(99)84(12)59(43(4)5)68(98)83(11)55(67(97)85-33-20-15-21-34-85)40-57(89)81(9)53(37-42(2)3)60(90)78-58/h26,28,38,42-46,50-55,58-59H,13-25,27,29-37,39-41H2,1-12H3,(H,76,92)(H,77,88)(H,78,90)(H,79,91)/t44-,45-,50-,51-,52-,53-,54-,55-,58-,59-/m0/s1. The number of likely N-dealkylation sites (N-methyl/N-ethyl adjacent to an activating group) is 5. The van der Waals surface area contributed by atoms with Crippen molar-refractivity contribution in [3.63, 3.8) is 0 Å². The summed E-state index contributed by atoms with van der Waals surface area (Å²) in [5.74, 6) is -9.05. The van der Waals surface area contributed by atoms with E-state index >= 15 is 19.2 Å². The Kier molecular flexibility index (Phi) is 27.7. The number of likely N-dealkylation sites (tertiary alicyclic amines) is 1. The summed E-state index contributed by atoms with van der Waals surface area (Å²) in [5.41, 5.74) is -2.35. The zero-order valence-electron chi connectivity index (χ0n) is 60.1. The van der Waals surface area contributed by atoms with Crippen LogP contribution in [0.25, 0.3) is 0 Å². The molecule has 0 unspecified atom stereocenters. The van der Waals surface area contributed by atoms with Gasteiger partial charge in [-0.2, -0.15) is 13.2 Å². The van der Waals surface area contributed by atoms with Gasteiger partial charge in [-0.1, -0.05) is 111 Å². The molecule has 1 aromatic rings. The zero-order chi connectivity index (χ0) is 73.1. The number of amides is 12. The lowest BCUT2D eigenvalue weighted by Gasteiger charge is -2.44. The lowest BCUT2D eigenvalue weighted by molar-refractivity contribution is -0.158. The SMILES string of the molecule is CC[C@H](C)[C@@H]1NC(=O)[C@H](CC(C)C)N(C)C(=O)C[C@@H](C(=O)N2CCCCC2)N(C)C(=O)[C@H](C(C)C)N(C)C(=O)C2(CCCC2)NC(=O)[C@@H]2CCCN2C(=O)[C@H](CCc2ccc(C(F)(F)F)c(Cl)c2)NC(=O)CN(C)C(=O)[C@H](CC2CCCCC2)N(C)C(=O)[C@@H]2CCN2C(=O)[C@H](C)NC1=O. The van der Waals surface area contributed by atoms with E-state index in [1.54, 1.807) is 25.7 Å². The molecule has 2 saturated carbocycles. The van der Waals surface area contributed by atoms with Crippen molar-refractivity contribution in [1.82, 2.24) is 60.5 Å². The molecule has 24 nitrogen and oxygen atoms in total. The van der Waals surface area contributed by atoms with Gasteiger partial charge < -0.3 is 60.5 Å². The van der Waals surface area contributed by atoms with Gasteiger partial charge in [-0.3, -0.25) is 57.5 Å². The van der Waals surface area contributed by atoms with Gasteiger partial charge in [-0.05, 0) is 125 Å². The number of hydrogen-bond acceptors (Lipinski definition) is 12. The molecular formula is C71H108ClF3N12O12. The Bertz CT molecular complexity index is 3120. The normalized spacial score (nSPS) is 27.9. The van der Waals surface area contributed by atoms with Crippen LogP contribution in [0, 0.1) is 23.7 Å². The highest BCUT2D eigenvalue weighted by molar-refractivity contribution is 6.31.